The summed E-state index contributed by atoms with van der Waals surface area (Å²) in [4.78, 5) is 17.2. The van der Waals surface area contributed by atoms with Gasteiger partial charge in [0.1, 0.15) is 0 Å². The minimum atomic E-state index is 0.941. The van der Waals surface area contributed by atoms with E-state index in [4.69, 9.17) is 9.97 Å². The summed E-state index contributed by atoms with van der Waals surface area (Å²) in [5, 5.41) is 0. The van der Waals surface area contributed by atoms with Gasteiger partial charge < -0.3 is 9.97 Å². The molecule has 0 aliphatic carbocycles. The van der Waals surface area contributed by atoms with Crippen LogP contribution in [0.4, 0.5) is 0 Å². The Labute approximate surface area is 160 Å². The van der Waals surface area contributed by atoms with E-state index < -0.39 is 0 Å². The molecule has 2 aliphatic rings. The largest absolute Gasteiger partial charge is 0.352 e. The van der Waals surface area contributed by atoms with Crippen LogP contribution in [-0.4, -0.2) is 19.9 Å². The number of nitrogens with zero attached hydrogens (tertiary/aromatic N) is 2. The fourth-order valence-corrected chi connectivity index (χ4v) is 4.41. The Balaban J connectivity index is 1.78. The van der Waals surface area contributed by atoms with E-state index in [0.717, 1.165) is 67.1 Å². The maximum absolute atomic E-state index is 5.08. The molecule has 0 atom stereocenters. The molecule has 2 aliphatic heterocycles. The highest BCUT2D eigenvalue weighted by atomic mass is 14.9. The van der Waals surface area contributed by atoms with E-state index in [-0.39, 0.29) is 0 Å². The Morgan fingerprint density at radius 2 is 0.750 bits per heavy atom. The summed E-state index contributed by atoms with van der Waals surface area (Å²) in [6.45, 7) is 0. The standard InChI is InChI=1S/C24H14N4/c1-3-7-15-13(5-1)21-19-11-9-17(25-19)18-10-12-20(26-18)22-14-6-2-4-8-16(14)24(28-22)23(15)27-21/h1-12,25-26H. The van der Waals surface area contributed by atoms with Crippen molar-refractivity contribution >= 4 is 22.1 Å². The topological polar surface area (TPSA) is 57.4 Å². The number of nitrogens with one attached hydrogen (secondary N) is 2. The Hall–Kier alpha value is -3.92. The van der Waals surface area contributed by atoms with Gasteiger partial charge in [0.25, 0.3) is 0 Å². The number of fused-ring (bicyclic) bond motifs is 18. The lowest BCUT2D eigenvalue weighted by atomic mass is 9.99. The van der Waals surface area contributed by atoms with Crippen LogP contribution in [0.5, 0.6) is 0 Å². The van der Waals surface area contributed by atoms with Gasteiger partial charge in [0.15, 0.2) is 0 Å². The molecule has 2 aromatic carbocycles. The van der Waals surface area contributed by atoms with Crippen LogP contribution in [-0.2, 0) is 0 Å². The first-order valence-corrected chi connectivity index (χ1v) is 9.37. The lowest BCUT2D eigenvalue weighted by Gasteiger charge is -2.02. The van der Waals surface area contributed by atoms with Gasteiger partial charge in [0.2, 0.25) is 0 Å². The smallest absolute Gasteiger partial charge is 0.0980 e. The fraction of sp³-hybridized carbons (Fsp3) is 0. The van der Waals surface area contributed by atoms with Crippen molar-refractivity contribution in [3.05, 3.63) is 72.8 Å². The van der Waals surface area contributed by atoms with Gasteiger partial charge in [0, 0.05) is 22.3 Å². The third-order valence-corrected chi connectivity index (χ3v) is 5.72. The zero-order valence-electron chi connectivity index (χ0n) is 14.8. The molecule has 2 N–H and O–H groups in total. The molecule has 0 saturated carbocycles. The third kappa shape index (κ3) is 1.70. The molecule has 130 valence electrons. The number of aromatic amines is 2. The van der Waals surface area contributed by atoms with Gasteiger partial charge in [-0.2, -0.15) is 0 Å². The molecule has 0 unspecified atom stereocenters. The van der Waals surface area contributed by atoms with Crippen LogP contribution in [0.15, 0.2) is 72.8 Å². The van der Waals surface area contributed by atoms with Crippen molar-refractivity contribution in [2.24, 2.45) is 0 Å². The number of hydrogen-bond acceptors (Lipinski definition) is 2. The van der Waals surface area contributed by atoms with E-state index in [9.17, 15) is 0 Å². The first kappa shape index (κ1) is 14.2. The first-order chi connectivity index (χ1) is 13.9. The summed E-state index contributed by atoms with van der Waals surface area (Å²) in [5.41, 5.74) is 12.5. The van der Waals surface area contributed by atoms with Crippen molar-refractivity contribution < 1.29 is 0 Å². The SMILES string of the molecule is c1ccc2c(c1)-c1nc-2c2ccc([nH]2)c2ccc([nH]2)c2nc1-c1ccccc1-2. The second-order valence-electron chi connectivity index (χ2n) is 7.28. The van der Waals surface area contributed by atoms with E-state index in [1.165, 1.54) is 0 Å². The van der Waals surface area contributed by atoms with E-state index in [1.54, 1.807) is 0 Å². The minimum Gasteiger partial charge on any atom is -0.352 e. The number of rotatable bonds is 0. The number of benzene rings is 2. The van der Waals surface area contributed by atoms with Crippen LogP contribution in [0, 0.1) is 0 Å². The van der Waals surface area contributed by atoms with Gasteiger partial charge in [-0.25, -0.2) is 9.97 Å². The summed E-state index contributed by atoms with van der Waals surface area (Å²) >= 11 is 0. The zero-order valence-corrected chi connectivity index (χ0v) is 14.8. The van der Waals surface area contributed by atoms with Crippen molar-refractivity contribution in [1.82, 2.24) is 19.9 Å². The Bertz CT molecular complexity index is 1400. The Kier molecular flexibility index (Phi) is 2.46. The molecule has 0 amide bonds. The molecule has 0 saturated heterocycles. The van der Waals surface area contributed by atoms with Gasteiger partial charge in [-0.3, -0.25) is 0 Å². The highest BCUT2D eigenvalue weighted by Gasteiger charge is 2.26. The van der Waals surface area contributed by atoms with Crippen LogP contribution in [0.2, 0.25) is 0 Å². The fourth-order valence-electron chi connectivity index (χ4n) is 4.41. The van der Waals surface area contributed by atoms with E-state index in [1.807, 2.05) is 0 Å². The monoisotopic (exact) mass is 358 g/mol. The molecule has 4 heteroatoms. The second kappa shape index (κ2) is 4.87. The third-order valence-electron chi connectivity index (χ3n) is 5.72. The number of hydrogen-bond donors (Lipinski definition) is 2. The molecule has 0 spiro atoms. The number of aromatic nitrogens is 4. The highest BCUT2D eigenvalue weighted by Crippen LogP contribution is 2.46. The quantitative estimate of drug-likeness (QED) is 0.357. The molecular weight excluding hydrogens is 344 g/mol. The van der Waals surface area contributed by atoms with Crippen molar-refractivity contribution in [3.8, 4) is 45.0 Å². The molecule has 5 heterocycles. The van der Waals surface area contributed by atoms with Crippen LogP contribution in [0.1, 0.15) is 0 Å². The highest BCUT2D eigenvalue weighted by molar-refractivity contribution is 6.02. The molecule has 3 aromatic heterocycles. The maximum Gasteiger partial charge on any atom is 0.0980 e. The summed E-state index contributed by atoms with van der Waals surface area (Å²) in [5.74, 6) is 0. The predicted molar refractivity (Wildman–Crippen MR) is 112 cm³/mol. The van der Waals surface area contributed by atoms with Crippen molar-refractivity contribution in [1.29, 1.82) is 0 Å². The van der Waals surface area contributed by atoms with Crippen LogP contribution in [0.25, 0.3) is 67.1 Å². The van der Waals surface area contributed by atoms with Gasteiger partial charge in [-0.05, 0) is 24.3 Å². The molecule has 0 radical (unpaired) electrons. The van der Waals surface area contributed by atoms with Crippen molar-refractivity contribution in [3.63, 3.8) is 0 Å². The Morgan fingerprint density at radius 1 is 0.393 bits per heavy atom. The molecule has 8 bridgehead atoms. The summed E-state index contributed by atoms with van der Waals surface area (Å²) < 4.78 is 0. The second-order valence-corrected chi connectivity index (χ2v) is 7.28. The van der Waals surface area contributed by atoms with Gasteiger partial charge >= 0.3 is 0 Å². The normalized spacial score (nSPS) is 12.3. The van der Waals surface area contributed by atoms with Gasteiger partial charge in [0.05, 0.1) is 44.8 Å². The molecule has 4 nitrogen and oxygen atoms in total. The van der Waals surface area contributed by atoms with Gasteiger partial charge in [-0.15, -0.1) is 0 Å². The first-order valence-electron chi connectivity index (χ1n) is 9.37. The minimum absolute atomic E-state index is 0.941. The van der Waals surface area contributed by atoms with Gasteiger partial charge in [-0.1, -0.05) is 48.5 Å². The predicted octanol–water partition coefficient (Wildman–Crippen LogP) is 5.86. The molecule has 7 rings (SSSR count). The van der Waals surface area contributed by atoms with E-state index >= 15 is 0 Å². The molecule has 28 heavy (non-hydrogen) atoms. The lowest BCUT2D eigenvalue weighted by molar-refractivity contribution is 1.35. The van der Waals surface area contributed by atoms with Crippen LogP contribution in [0.3, 0.4) is 0 Å². The molecule has 5 aromatic rings. The average Bonchev–Trinajstić information content (AvgIpc) is 3.49. The van der Waals surface area contributed by atoms with Crippen molar-refractivity contribution in [2.75, 3.05) is 0 Å². The lowest BCUT2D eigenvalue weighted by Crippen LogP contribution is -1.82. The van der Waals surface area contributed by atoms with E-state index in [2.05, 4.69) is 82.8 Å². The van der Waals surface area contributed by atoms with Crippen LogP contribution >= 0.6 is 0 Å². The molecule has 0 fully saturated rings. The number of H-pyrrole nitrogens is 2. The summed E-state index contributed by atoms with van der Waals surface area (Å²) in [7, 11) is 0. The zero-order chi connectivity index (χ0) is 18.2. The maximum atomic E-state index is 5.08. The Morgan fingerprint density at radius 3 is 1.18 bits per heavy atom. The van der Waals surface area contributed by atoms with E-state index in [0.29, 0.717) is 0 Å². The summed E-state index contributed by atoms with van der Waals surface area (Å²) in [6, 6.07) is 25.2. The summed E-state index contributed by atoms with van der Waals surface area (Å²) in [6.07, 6.45) is 0. The average molecular weight is 358 g/mol. The van der Waals surface area contributed by atoms with Crippen LogP contribution < -0.4 is 0 Å². The molecular formula is C24H14N4. The van der Waals surface area contributed by atoms with Crippen molar-refractivity contribution in [2.45, 2.75) is 0 Å².